The maximum Gasteiger partial charge on any atom is 0.291 e. The summed E-state index contributed by atoms with van der Waals surface area (Å²) in [5.74, 6) is 0.459. The molecule has 0 aliphatic carbocycles. The number of hydrogen-bond donors (Lipinski definition) is 2. The molecule has 1 aliphatic heterocycles. The Morgan fingerprint density at radius 3 is 3.12 bits per heavy atom. The molecule has 2 heterocycles. The molecule has 0 unspecified atom stereocenters. The fourth-order valence-electron chi connectivity index (χ4n) is 2.32. The predicted octanol–water partition coefficient (Wildman–Crippen LogP) is 1.35. The largest absolute Gasteiger partial charge is 0.488 e. The molecule has 0 spiro atoms. The second-order valence-electron chi connectivity index (χ2n) is 4.25. The fraction of sp³-hybridized carbons (Fsp3) is 0.308. The van der Waals surface area contributed by atoms with Gasteiger partial charge in [-0.1, -0.05) is 12.1 Å². The Morgan fingerprint density at radius 1 is 1.41 bits per heavy atom. The van der Waals surface area contributed by atoms with Crippen LogP contribution < -0.4 is 10.3 Å². The minimum absolute atomic E-state index is 0.0223. The Kier molecular flexibility index (Phi) is 2.37. The topological polar surface area (TPSA) is 62.3 Å². The fourth-order valence-corrected chi connectivity index (χ4v) is 2.32. The van der Waals surface area contributed by atoms with E-state index in [4.69, 9.17) is 9.84 Å². The molecule has 17 heavy (non-hydrogen) atoms. The molecule has 2 N–H and O–H groups in total. The number of hydrogen-bond acceptors (Lipinski definition) is 3. The summed E-state index contributed by atoms with van der Waals surface area (Å²) < 4.78 is 5.43. The van der Waals surface area contributed by atoms with Crippen LogP contribution in [0.15, 0.2) is 23.0 Å². The van der Waals surface area contributed by atoms with Crippen molar-refractivity contribution < 1.29 is 9.84 Å². The van der Waals surface area contributed by atoms with Gasteiger partial charge in [0, 0.05) is 16.5 Å². The third kappa shape index (κ3) is 1.61. The van der Waals surface area contributed by atoms with Gasteiger partial charge in [0.05, 0.1) is 13.2 Å². The Balaban J connectivity index is 2.34. The van der Waals surface area contributed by atoms with Crippen LogP contribution in [0.4, 0.5) is 0 Å². The summed E-state index contributed by atoms with van der Waals surface area (Å²) in [5.41, 5.74) is 2.37. The van der Waals surface area contributed by atoms with Gasteiger partial charge in [0.15, 0.2) is 5.75 Å². The Labute approximate surface area is 97.9 Å². The van der Waals surface area contributed by atoms with Gasteiger partial charge in [-0.25, -0.2) is 0 Å². The summed E-state index contributed by atoms with van der Waals surface area (Å²) in [7, 11) is 0. The van der Waals surface area contributed by atoms with E-state index in [0.29, 0.717) is 12.4 Å². The average molecular weight is 231 g/mol. The molecule has 0 bridgehead atoms. The molecule has 0 amide bonds. The number of rotatable bonds is 1. The molecular weight excluding hydrogens is 218 g/mol. The van der Waals surface area contributed by atoms with Crippen molar-refractivity contribution in [2.45, 2.75) is 19.4 Å². The number of pyridine rings is 1. The first kappa shape index (κ1) is 10.4. The van der Waals surface area contributed by atoms with Gasteiger partial charge in [-0.05, 0) is 24.5 Å². The van der Waals surface area contributed by atoms with Crippen molar-refractivity contribution in [3.8, 4) is 5.75 Å². The van der Waals surface area contributed by atoms with Gasteiger partial charge in [0.1, 0.15) is 0 Å². The number of fused-ring (bicyclic) bond motifs is 3. The van der Waals surface area contributed by atoms with E-state index in [2.05, 4.69) is 4.98 Å². The highest BCUT2D eigenvalue weighted by Crippen LogP contribution is 2.28. The van der Waals surface area contributed by atoms with Gasteiger partial charge in [-0.15, -0.1) is 0 Å². The van der Waals surface area contributed by atoms with Gasteiger partial charge < -0.3 is 14.8 Å². The Bertz CT molecular complexity index is 630. The third-order valence-corrected chi connectivity index (χ3v) is 3.14. The van der Waals surface area contributed by atoms with E-state index in [1.165, 1.54) is 0 Å². The minimum Gasteiger partial charge on any atom is -0.488 e. The second-order valence-corrected chi connectivity index (χ2v) is 4.25. The number of aryl methyl sites for hydroxylation is 1. The zero-order chi connectivity index (χ0) is 11.8. The zero-order valence-corrected chi connectivity index (χ0v) is 9.32. The highest BCUT2D eigenvalue weighted by atomic mass is 16.5. The number of ether oxygens (including phenoxy) is 1. The summed E-state index contributed by atoms with van der Waals surface area (Å²) in [6.45, 7) is 0.585. The van der Waals surface area contributed by atoms with E-state index >= 15 is 0 Å². The number of aliphatic hydroxyl groups is 1. The number of benzene rings is 1. The maximum absolute atomic E-state index is 11.8. The molecule has 0 saturated heterocycles. The van der Waals surface area contributed by atoms with Crippen LogP contribution >= 0.6 is 0 Å². The summed E-state index contributed by atoms with van der Waals surface area (Å²) in [5, 5.41) is 10.1. The number of aromatic nitrogens is 1. The van der Waals surface area contributed by atoms with Crippen LogP contribution in [0.2, 0.25) is 0 Å². The molecule has 0 fully saturated rings. The molecule has 4 heteroatoms. The van der Waals surface area contributed by atoms with Crippen molar-refractivity contribution in [2.75, 3.05) is 6.61 Å². The van der Waals surface area contributed by atoms with E-state index in [9.17, 15) is 4.79 Å². The van der Waals surface area contributed by atoms with E-state index < -0.39 is 0 Å². The van der Waals surface area contributed by atoms with E-state index in [0.717, 1.165) is 34.9 Å². The van der Waals surface area contributed by atoms with Gasteiger partial charge in [-0.3, -0.25) is 4.79 Å². The summed E-state index contributed by atoms with van der Waals surface area (Å²) >= 11 is 0. The zero-order valence-electron chi connectivity index (χ0n) is 9.32. The molecule has 0 atom stereocenters. The standard InChI is InChI=1S/C13H13NO3/c15-7-8-3-4-9-10-2-1-5-17-12(10)13(16)14-11(9)6-8/h3-4,6,15H,1-2,5,7H2,(H,14,16). The predicted molar refractivity (Wildman–Crippen MR) is 64.3 cm³/mol. The summed E-state index contributed by atoms with van der Waals surface area (Å²) in [4.78, 5) is 14.6. The van der Waals surface area contributed by atoms with Gasteiger partial charge >= 0.3 is 0 Å². The Morgan fingerprint density at radius 2 is 2.29 bits per heavy atom. The maximum atomic E-state index is 11.8. The number of nitrogens with one attached hydrogen (secondary N) is 1. The molecule has 0 radical (unpaired) electrons. The van der Waals surface area contributed by atoms with Crippen molar-refractivity contribution in [2.24, 2.45) is 0 Å². The first-order chi connectivity index (χ1) is 8.29. The van der Waals surface area contributed by atoms with Gasteiger partial charge in [-0.2, -0.15) is 0 Å². The average Bonchev–Trinajstić information content (AvgIpc) is 2.38. The van der Waals surface area contributed by atoms with Gasteiger partial charge in [0.2, 0.25) is 0 Å². The lowest BCUT2D eigenvalue weighted by Gasteiger charge is -2.18. The van der Waals surface area contributed by atoms with Gasteiger partial charge in [0.25, 0.3) is 5.56 Å². The smallest absolute Gasteiger partial charge is 0.291 e. The van der Waals surface area contributed by atoms with Crippen molar-refractivity contribution in [3.05, 3.63) is 39.7 Å². The highest BCUT2D eigenvalue weighted by molar-refractivity contribution is 5.84. The van der Waals surface area contributed by atoms with Crippen LogP contribution in [0, 0.1) is 0 Å². The highest BCUT2D eigenvalue weighted by Gasteiger charge is 2.17. The number of H-pyrrole nitrogens is 1. The van der Waals surface area contributed by atoms with Crippen LogP contribution in [-0.4, -0.2) is 16.7 Å². The van der Waals surface area contributed by atoms with E-state index in [1.54, 1.807) is 0 Å². The van der Waals surface area contributed by atoms with Crippen LogP contribution in [0.5, 0.6) is 5.75 Å². The van der Waals surface area contributed by atoms with Crippen LogP contribution in [0.3, 0.4) is 0 Å². The molecule has 4 nitrogen and oxygen atoms in total. The number of aliphatic hydroxyl groups excluding tert-OH is 1. The molecule has 3 rings (SSSR count). The monoisotopic (exact) mass is 231 g/mol. The number of aromatic amines is 1. The van der Waals surface area contributed by atoms with Crippen molar-refractivity contribution in [1.82, 2.24) is 4.98 Å². The molecule has 2 aromatic rings. The quantitative estimate of drug-likeness (QED) is 0.778. The van der Waals surface area contributed by atoms with E-state index in [1.807, 2.05) is 18.2 Å². The first-order valence-electron chi connectivity index (χ1n) is 5.71. The lowest BCUT2D eigenvalue weighted by Crippen LogP contribution is -2.19. The lowest BCUT2D eigenvalue weighted by atomic mass is 10.0. The molecule has 88 valence electrons. The van der Waals surface area contributed by atoms with Crippen LogP contribution in [0.25, 0.3) is 10.9 Å². The van der Waals surface area contributed by atoms with Crippen molar-refractivity contribution in [3.63, 3.8) is 0 Å². The molecular formula is C13H13NO3. The molecule has 1 aromatic carbocycles. The van der Waals surface area contributed by atoms with Crippen LogP contribution in [0.1, 0.15) is 17.5 Å². The second kappa shape index (κ2) is 3.89. The summed E-state index contributed by atoms with van der Waals surface area (Å²) in [6, 6.07) is 5.62. The normalized spacial score (nSPS) is 14.4. The van der Waals surface area contributed by atoms with Crippen molar-refractivity contribution >= 4 is 10.9 Å². The minimum atomic E-state index is -0.178. The lowest BCUT2D eigenvalue weighted by molar-refractivity contribution is 0.282. The third-order valence-electron chi connectivity index (χ3n) is 3.14. The van der Waals surface area contributed by atoms with Crippen LogP contribution in [-0.2, 0) is 13.0 Å². The Hall–Kier alpha value is -1.81. The first-order valence-corrected chi connectivity index (χ1v) is 5.71. The molecule has 1 aliphatic rings. The summed E-state index contributed by atoms with van der Waals surface area (Å²) in [6.07, 6.45) is 1.81. The SMILES string of the molecule is O=c1[nH]c2cc(CO)ccc2c2c1OCCC2. The molecule has 0 saturated carbocycles. The molecule has 1 aromatic heterocycles. The van der Waals surface area contributed by atoms with Crippen molar-refractivity contribution in [1.29, 1.82) is 0 Å². The van der Waals surface area contributed by atoms with E-state index in [-0.39, 0.29) is 12.2 Å².